The summed E-state index contributed by atoms with van der Waals surface area (Å²) in [6, 6.07) is 14.2. The zero-order valence-electron chi connectivity index (χ0n) is 16.3. The lowest BCUT2D eigenvalue weighted by molar-refractivity contribution is -0.116. The first-order valence-corrected chi connectivity index (χ1v) is 8.99. The van der Waals surface area contributed by atoms with Crippen LogP contribution in [-0.2, 0) is 11.3 Å². The van der Waals surface area contributed by atoms with Gasteiger partial charge in [-0.05, 0) is 24.3 Å². The van der Waals surface area contributed by atoms with Crippen molar-refractivity contribution in [3.8, 4) is 17.2 Å². The molecular formula is C20H18N6O4. The van der Waals surface area contributed by atoms with Crippen molar-refractivity contribution in [2.75, 3.05) is 19.5 Å². The third kappa shape index (κ3) is 3.58. The first kappa shape index (κ1) is 19.1. The van der Waals surface area contributed by atoms with Crippen LogP contribution in [-0.4, -0.2) is 44.7 Å². The fourth-order valence-corrected chi connectivity index (χ4v) is 2.95. The smallest absolute Gasteiger partial charge is 0.284 e. The number of carbonyl (C=O) groups excluding carboxylic acids is 1. The van der Waals surface area contributed by atoms with Crippen molar-refractivity contribution in [3.63, 3.8) is 0 Å². The molecule has 0 fully saturated rings. The molecule has 4 aromatic rings. The van der Waals surface area contributed by atoms with E-state index >= 15 is 0 Å². The van der Waals surface area contributed by atoms with Crippen molar-refractivity contribution in [2.45, 2.75) is 6.54 Å². The third-order valence-corrected chi connectivity index (χ3v) is 4.43. The third-order valence-electron chi connectivity index (χ3n) is 4.43. The molecule has 0 saturated carbocycles. The topological polar surface area (TPSA) is 113 Å². The number of ether oxygens (including phenoxy) is 2. The van der Waals surface area contributed by atoms with Crippen LogP contribution in [0.25, 0.3) is 16.9 Å². The van der Waals surface area contributed by atoms with Gasteiger partial charge in [0.1, 0.15) is 24.4 Å². The summed E-state index contributed by atoms with van der Waals surface area (Å²) in [7, 11) is 3.03. The zero-order chi connectivity index (χ0) is 21.1. The van der Waals surface area contributed by atoms with Crippen LogP contribution < -0.4 is 20.3 Å². The van der Waals surface area contributed by atoms with Gasteiger partial charge in [-0.15, -0.1) is 5.10 Å². The largest absolute Gasteiger partial charge is 0.497 e. The number of fused-ring (bicyclic) bond motifs is 1. The van der Waals surface area contributed by atoms with Gasteiger partial charge in [0.2, 0.25) is 5.91 Å². The van der Waals surface area contributed by atoms with Crippen LogP contribution in [0.15, 0.2) is 59.7 Å². The molecule has 2 aromatic carbocycles. The molecule has 0 spiro atoms. The number of aromatic nitrogens is 5. The minimum Gasteiger partial charge on any atom is -0.497 e. The second-order valence-electron chi connectivity index (χ2n) is 6.30. The number of carbonyl (C=O) groups is 1. The van der Waals surface area contributed by atoms with Crippen LogP contribution in [0.5, 0.6) is 11.5 Å². The summed E-state index contributed by atoms with van der Waals surface area (Å²) >= 11 is 0. The molecular weight excluding hydrogens is 388 g/mol. The number of para-hydroxylation sites is 1. The molecule has 4 rings (SSSR count). The highest BCUT2D eigenvalue weighted by molar-refractivity contribution is 5.92. The van der Waals surface area contributed by atoms with Crippen LogP contribution in [0, 0.1) is 0 Å². The van der Waals surface area contributed by atoms with Crippen LogP contribution in [0.4, 0.5) is 5.69 Å². The summed E-state index contributed by atoms with van der Waals surface area (Å²) in [5.74, 6) is 0.615. The van der Waals surface area contributed by atoms with E-state index in [1.165, 1.54) is 29.8 Å². The number of methoxy groups -OCH3 is 2. The van der Waals surface area contributed by atoms with Crippen molar-refractivity contribution in [1.82, 2.24) is 24.5 Å². The van der Waals surface area contributed by atoms with E-state index in [2.05, 4.69) is 20.6 Å². The predicted molar refractivity (Wildman–Crippen MR) is 109 cm³/mol. The van der Waals surface area contributed by atoms with E-state index in [4.69, 9.17) is 9.47 Å². The van der Waals surface area contributed by atoms with Crippen molar-refractivity contribution in [1.29, 1.82) is 0 Å². The lowest BCUT2D eigenvalue weighted by Gasteiger charge is -2.12. The van der Waals surface area contributed by atoms with Gasteiger partial charge in [-0.1, -0.05) is 23.4 Å². The van der Waals surface area contributed by atoms with Gasteiger partial charge in [-0.2, -0.15) is 4.68 Å². The van der Waals surface area contributed by atoms with E-state index in [0.29, 0.717) is 22.8 Å². The Morgan fingerprint density at radius 2 is 1.90 bits per heavy atom. The number of anilines is 1. The Morgan fingerprint density at radius 1 is 1.10 bits per heavy atom. The average Bonchev–Trinajstić information content (AvgIpc) is 3.21. The van der Waals surface area contributed by atoms with E-state index in [-0.39, 0.29) is 12.1 Å². The monoisotopic (exact) mass is 406 g/mol. The summed E-state index contributed by atoms with van der Waals surface area (Å²) < 4.78 is 13.1. The fraction of sp³-hybridized carbons (Fsp3) is 0.150. The zero-order valence-corrected chi connectivity index (χ0v) is 16.3. The Hall–Kier alpha value is -4.21. The SMILES string of the molecule is COc1ccc(NC(=O)Cn2cnc3c(nnn3-c3ccccc3)c2=O)c(OC)c1. The number of rotatable bonds is 6. The number of benzene rings is 2. The molecule has 0 atom stereocenters. The van der Waals surface area contributed by atoms with Crippen molar-refractivity contribution in [2.24, 2.45) is 0 Å². The molecule has 10 nitrogen and oxygen atoms in total. The summed E-state index contributed by atoms with van der Waals surface area (Å²) in [5, 5.41) is 10.7. The van der Waals surface area contributed by atoms with Gasteiger partial charge in [0, 0.05) is 6.07 Å². The first-order chi connectivity index (χ1) is 14.6. The summed E-state index contributed by atoms with van der Waals surface area (Å²) in [4.78, 5) is 29.5. The quantitative estimate of drug-likeness (QED) is 0.518. The van der Waals surface area contributed by atoms with Crippen molar-refractivity contribution < 1.29 is 14.3 Å². The van der Waals surface area contributed by atoms with E-state index in [1.54, 1.807) is 18.2 Å². The maximum absolute atomic E-state index is 12.8. The number of amides is 1. The molecule has 152 valence electrons. The highest BCUT2D eigenvalue weighted by atomic mass is 16.5. The standard InChI is InChI=1S/C20H18N6O4/c1-29-14-8-9-15(16(10-14)30-2)22-17(27)11-25-12-21-19-18(20(25)28)23-24-26(19)13-6-4-3-5-7-13/h3-10,12H,11H2,1-2H3,(H,22,27). The van der Waals surface area contributed by atoms with Gasteiger partial charge >= 0.3 is 0 Å². The van der Waals surface area contributed by atoms with E-state index in [9.17, 15) is 9.59 Å². The summed E-state index contributed by atoms with van der Waals surface area (Å²) in [6.07, 6.45) is 1.30. The Morgan fingerprint density at radius 3 is 2.63 bits per heavy atom. The second-order valence-corrected chi connectivity index (χ2v) is 6.30. The van der Waals surface area contributed by atoms with E-state index < -0.39 is 11.5 Å². The molecule has 0 aliphatic rings. The number of hydrogen-bond acceptors (Lipinski definition) is 7. The van der Waals surface area contributed by atoms with Crippen molar-refractivity contribution >= 4 is 22.8 Å². The van der Waals surface area contributed by atoms with E-state index in [0.717, 1.165) is 5.69 Å². The molecule has 10 heteroatoms. The Bertz CT molecular complexity index is 1270. The predicted octanol–water partition coefficient (Wildman–Crippen LogP) is 1.63. The minimum absolute atomic E-state index is 0.0798. The lowest BCUT2D eigenvalue weighted by Crippen LogP contribution is -2.28. The first-order valence-electron chi connectivity index (χ1n) is 8.99. The van der Waals surface area contributed by atoms with Gasteiger partial charge in [0.25, 0.3) is 5.56 Å². The lowest BCUT2D eigenvalue weighted by atomic mass is 10.2. The van der Waals surface area contributed by atoms with Gasteiger partial charge in [0.15, 0.2) is 11.2 Å². The van der Waals surface area contributed by atoms with Gasteiger partial charge in [0.05, 0.1) is 25.6 Å². The van der Waals surface area contributed by atoms with Gasteiger partial charge in [-0.25, -0.2) is 4.98 Å². The number of nitrogens with one attached hydrogen (secondary N) is 1. The molecule has 1 N–H and O–H groups in total. The fourth-order valence-electron chi connectivity index (χ4n) is 2.95. The number of nitrogens with zero attached hydrogens (tertiary/aromatic N) is 5. The molecule has 1 amide bonds. The van der Waals surface area contributed by atoms with Gasteiger partial charge in [-0.3, -0.25) is 14.2 Å². The average molecular weight is 406 g/mol. The number of hydrogen-bond donors (Lipinski definition) is 1. The molecule has 0 aliphatic heterocycles. The van der Waals surface area contributed by atoms with Crippen LogP contribution in [0.2, 0.25) is 0 Å². The molecule has 2 aromatic heterocycles. The molecule has 2 heterocycles. The molecule has 0 saturated heterocycles. The van der Waals surface area contributed by atoms with Crippen LogP contribution >= 0.6 is 0 Å². The maximum atomic E-state index is 12.8. The van der Waals surface area contributed by atoms with Crippen molar-refractivity contribution in [3.05, 3.63) is 65.2 Å². The molecule has 30 heavy (non-hydrogen) atoms. The highest BCUT2D eigenvalue weighted by Crippen LogP contribution is 2.28. The Labute approximate surface area is 170 Å². The Balaban J connectivity index is 1.58. The van der Waals surface area contributed by atoms with Crippen LogP contribution in [0.1, 0.15) is 0 Å². The van der Waals surface area contributed by atoms with Crippen LogP contribution in [0.3, 0.4) is 0 Å². The summed E-state index contributed by atoms with van der Waals surface area (Å²) in [5.41, 5.74) is 1.13. The molecule has 0 radical (unpaired) electrons. The molecule has 0 bridgehead atoms. The minimum atomic E-state index is -0.459. The molecule has 0 unspecified atom stereocenters. The molecule has 0 aliphatic carbocycles. The highest BCUT2D eigenvalue weighted by Gasteiger charge is 2.15. The maximum Gasteiger partial charge on any atom is 0.284 e. The normalized spacial score (nSPS) is 10.7. The Kier molecular flexibility index (Phi) is 5.12. The van der Waals surface area contributed by atoms with Gasteiger partial charge < -0.3 is 14.8 Å². The second kappa shape index (κ2) is 8.03. The van der Waals surface area contributed by atoms with E-state index in [1.807, 2.05) is 30.3 Å². The summed E-state index contributed by atoms with van der Waals surface area (Å²) in [6.45, 7) is -0.241.